The summed E-state index contributed by atoms with van der Waals surface area (Å²) in [6, 6.07) is 84.4. The van der Waals surface area contributed by atoms with Crippen LogP contribution in [-0.4, -0.2) is 0 Å². The van der Waals surface area contributed by atoms with Crippen LogP contribution in [0, 0.1) is 0 Å². The van der Waals surface area contributed by atoms with E-state index in [9.17, 15) is 0 Å². The molecular weight excluding hydrogens is 807 g/mol. The van der Waals surface area contributed by atoms with Crippen molar-refractivity contribution in [3.63, 3.8) is 0 Å². The molecule has 1 heteroatoms. The van der Waals surface area contributed by atoms with Gasteiger partial charge in [-0.25, -0.2) is 0 Å². The normalized spacial score (nSPS) is 13.9. The van der Waals surface area contributed by atoms with Gasteiger partial charge in [-0.2, -0.15) is 0 Å². The van der Waals surface area contributed by atoms with E-state index >= 15 is 0 Å². The standard InChI is InChI=1S/C66H49N/c1-65(2)60-28-16-14-26-53(60)55-34-32-48(40-62(55)65)67(49-33-35-56-54-27-15-17-29-61(54)66(3,4)63(56)41-49)64-58(43-19-6-5-7-20-43)38-47(39-59(64)46-31-30-42-18-8-9-21-44(42)36-46)57-37-45-22-10-11-23-50(45)51-24-12-13-25-52(51)57/h5-41H,1-4H3. The van der Waals surface area contributed by atoms with Crippen LogP contribution >= 0.6 is 0 Å². The molecule has 318 valence electrons. The highest BCUT2D eigenvalue weighted by Gasteiger charge is 2.38. The maximum absolute atomic E-state index is 2.59. The molecule has 0 aliphatic heterocycles. The zero-order valence-electron chi connectivity index (χ0n) is 38.3. The number of nitrogens with zero attached hydrogens (tertiary/aromatic N) is 1. The van der Waals surface area contributed by atoms with Gasteiger partial charge in [0.25, 0.3) is 0 Å². The van der Waals surface area contributed by atoms with Crippen LogP contribution in [0.25, 0.3) is 88.0 Å². The second-order valence-electron chi connectivity index (χ2n) is 19.7. The molecule has 0 amide bonds. The van der Waals surface area contributed by atoms with E-state index in [4.69, 9.17) is 0 Å². The molecule has 0 saturated carbocycles. The SMILES string of the molecule is CC1(C)c2ccccc2-c2ccc(N(c3ccc4c(c3)C(C)(C)c3ccccc3-4)c3c(-c4ccccc4)cc(-c4cc5ccccc5c5ccccc45)cc3-c3ccc4ccccc4c3)cc21. The van der Waals surface area contributed by atoms with Gasteiger partial charge in [0.05, 0.1) is 5.69 Å². The molecule has 2 aliphatic carbocycles. The van der Waals surface area contributed by atoms with Gasteiger partial charge in [0.2, 0.25) is 0 Å². The van der Waals surface area contributed by atoms with Crippen LogP contribution < -0.4 is 4.90 Å². The van der Waals surface area contributed by atoms with Crippen molar-refractivity contribution in [1.82, 2.24) is 0 Å². The molecule has 2 aliphatic rings. The molecule has 0 radical (unpaired) electrons. The Morgan fingerprint density at radius 2 is 0.761 bits per heavy atom. The van der Waals surface area contributed by atoms with Crippen LogP contribution in [0.15, 0.2) is 224 Å². The fourth-order valence-electron chi connectivity index (χ4n) is 11.8. The zero-order valence-corrected chi connectivity index (χ0v) is 38.3. The largest absolute Gasteiger partial charge is 0.309 e. The quantitative estimate of drug-likeness (QED) is 0.151. The Balaban J connectivity index is 1.16. The summed E-state index contributed by atoms with van der Waals surface area (Å²) in [7, 11) is 0. The Morgan fingerprint density at radius 1 is 0.269 bits per heavy atom. The van der Waals surface area contributed by atoms with Gasteiger partial charge >= 0.3 is 0 Å². The topological polar surface area (TPSA) is 3.24 Å². The maximum atomic E-state index is 2.59. The number of fused-ring (bicyclic) bond motifs is 10. The minimum absolute atomic E-state index is 0.181. The lowest BCUT2D eigenvalue weighted by molar-refractivity contribution is 0.660. The lowest BCUT2D eigenvalue weighted by atomic mass is 9.81. The molecule has 11 aromatic rings. The van der Waals surface area contributed by atoms with Crippen LogP contribution in [0.3, 0.4) is 0 Å². The average molecular weight is 856 g/mol. The van der Waals surface area contributed by atoms with E-state index in [-0.39, 0.29) is 10.8 Å². The van der Waals surface area contributed by atoms with E-state index in [1.807, 2.05) is 0 Å². The van der Waals surface area contributed by atoms with Crippen molar-refractivity contribution in [3.8, 4) is 55.6 Å². The monoisotopic (exact) mass is 855 g/mol. The van der Waals surface area contributed by atoms with Crippen LogP contribution in [0.4, 0.5) is 17.1 Å². The van der Waals surface area contributed by atoms with Gasteiger partial charge in [-0.15, -0.1) is 0 Å². The molecule has 0 heterocycles. The summed E-state index contributed by atoms with van der Waals surface area (Å²) >= 11 is 0. The van der Waals surface area contributed by atoms with Gasteiger partial charge in [-0.05, 0) is 148 Å². The van der Waals surface area contributed by atoms with Crippen molar-refractivity contribution < 1.29 is 0 Å². The first kappa shape index (κ1) is 39.4. The third kappa shape index (κ3) is 6.01. The third-order valence-corrected chi connectivity index (χ3v) is 15.2. The zero-order chi connectivity index (χ0) is 45.0. The molecular formula is C66H49N. The molecule has 0 saturated heterocycles. The van der Waals surface area contributed by atoms with E-state index in [0.29, 0.717) is 0 Å². The second kappa shape index (κ2) is 14.8. The van der Waals surface area contributed by atoms with E-state index in [0.717, 1.165) is 17.1 Å². The fraction of sp³-hybridized carbons (Fsp3) is 0.0909. The maximum Gasteiger partial charge on any atom is 0.0618 e. The summed E-state index contributed by atoms with van der Waals surface area (Å²) in [5, 5.41) is 7.46. The molecule has 13 rings (SSSR count). The summed E-state index contributed by atoms with van der Waals surface area (Å²) in [5.41, 5.74) is 20.9. The molecule has 0 fully saturated rings. The Labute approximate surface area is 393 Å². The summed E-state index contributed by atoms with van der Waals surface area (Å²) < 4.78 is 0. The lowest BCUT2D eigenvalue weighted by Gasteiger charge is -2.33. The Hall–Kier alpha value is -8.00. The fourth-order valence-corrected chi connectivity index (χ4v) is 11.8. The van der Waals surface area contributed by atoms with Gasteiger partial charge in [-0.3, -0.25) is 0 Å². The number of hydrogen-bond donors (Lipinski definition) is 0. The van der Waals surface area contributed by atoms with Gasteiger partial charge in [0.15, 0.2) is 0 Å². The number of rotatable bonds is 6. The number of hydrogen-bond acceptors (Lipinski definition) is 1. The first-order valence-electron chi connectivity index (χ1n) is 23.7. The smallest absolute Gasteiger partial charge is 0.0618 e. The second-order valence-corrected chi connectivity index (χ2v) is 19.7. The highest BCUT2D eigenvalue weighted by molar-refractivity contribution is 6.15. The lowest BCUT2D eigenvalue weighted by Crippen LogP contribution is -2.18. The first-order chi connectivity index (χ1) is 32.7. The Bertz CT molecular complexity index is 3710. The van der Waals surface area contributed by atoms with E-state index < -0.39 is 0 Å². The van der Waals surface area contributed by atoms with Gasteiger partial charge in [0.1, 0.15) is 0 Å². The summed E-state index contributed by atoms with van der Waals surface area (Å²) in [6.45, 7) is 9.55. The number of benzene rings is 11. The summed E-state index contributed by atoms with van der Waals surface area (Å²) in [4.78, 5) is 2.59. The van der Waals surface area contributed by atoms with Crippen molar-refractivity contribution in [1.29, 1.82) is 0 Å². The molecule has 1 nitrogen and oxygen atoms in total. The average Bonchev–Trinajstić information content (AvgIpc) is 3.75. The molecule has 0 spiro atoms. The van der Waals surface area contributed by atoms with Gasteiger partial charge < -0.3 is 4.90 Å². The molecule has 0 N–H and O–H groups in total. The van der Waals surface area contributed by atoms with Crippen molar-refractivity contribution in [3.05, 3.63) is 247 Å². The van der Waals surface area contributed by atoms with Crippen molar-refractivity contribution in [2.45, 2.75) is 38.5 Å². The van der Waals surface area contributed by atoms with Crippen LogP contribution in [0.2, 0.25) is 0 Å². The molecule has 67 heavy (non-hydrogen) atoms. The minimum Gasteiger partial charge on any atom is -0.309 e. The van der Waals surface area contributed by atoms with E-state index in [1.165, 1.54) is 110 Å². The molecule has 0 aromatic heterocycles. The van der Waals surface area contributed by atoms with Crippen LogP contribution in [-0.2, 0) is 10.8 Å². The highest BCUT2D eigenvalue weighted by Crippen LogP contribution is 2.56. The minimum atomic E-state index is -0.181. The summed E-state index contributed by atoms with van der Waals surface area (Å²) in [6.07, 6.45) is 0. The van der Waals surface area contributed by atoms with Gasteiger partial charge in [0, 0.05) is 33.3 Å². The van der Waals surface area contributed by atoms with Crippen molar-refractivity contribution in [2.75, 3.05) is 4.90 Å². The van der Waals surface area contributed by atoms with Crippen molar-refractivity contribution in [2.24, 2.45) is 0 Å². The van der Waals surface area contributed by atoms with Crippen molar-refractivity contribution >= 4 is 49.4 Å². The van der Waals surface area contributed by atoms with E-state index in [2.05, 4.69) is 257 Å². The number of anilines is 3. The summed E-state index contributed by atoms with van der Waals surface area (Å²) in [5.74, 6) is 0. The Kier molecular flexibility index (Phi) is 8.67. The Morgan fingerprint density at radius 3 is 1.40 bits per heavy atom. The predicted molar refractivity (Wildman–Crippen MR) is 285 cm³/mol. The molecule has 0 unspecified atom stereocenters. The predicted octanol–water partition coefficient (Wildman–Crippen LogP) is 18.2. The highest BCUT2D eigenvalue weighted by atomic mass is 15.1. The molecule has 0 atom stereocenters. The van der Waals surface area contributed by atoms with Crippen LogP contribution in [0.5, 0.6) is 0 Å². The van der Waals surface area contributed by atoms with Gasteiger partial charge in [-0.1, -0.05) is 204 Å². The third-order valence-electron chi connectivity index (χ3n) is 15.2. The van der Waals surface area contributed by atoms with Crippen LogP contribution in [0.1, 0.15) is 49.9 Å². The first-order valence-corrected chi connectivity index (χ1v) is 23.7. The molecule has 11 aromatic carbocycles. The molecule has 0 bridgehead atoms. The van der Waals surface area contributed by atoms with E-state index in [1.54, 1.807) is 0 Å².